The average molecular weight is 393 g/mol. The molecule has 1 aliphatic carbocycles. The molecule has 27 heavy (non-hydrogen) atoms. The molecule has 0 aromatic heterocycles. The average Bonchev–Trinajstić information content (AvgIpc) is 2.55. The van der Waals surface area contributed by atoms with E-state index in [1.165, 1.54) is 7.05 Å². The second-order valence-electron chi connectivity index (χ2n) is 7.55. The summed E-state index contributed by atoms with van der Waals surface area (Å²) >= 11 is 6.27. The molecule has 0 bridgehead atoms. The Hall–Kier alpha value is -2.34. The zero-order chi connectivity index (χ0) is 20.4. The largest absolute Gasteiger partial charge is 0.442 e. The van der Waals surface area contributed by atoms with E-state index in [-0.39, 0.29) is 23.3 Å². The Morgan fingerprint density at radius 2 is 1.89 bits per heavy atom. The van der Waals surface area contributed by atoms with Crippen LogP contribution in [-0.4, -0.2) is 35.3 Å². The third-order valence-electron chi connectivity index (χ3n) is 4.04. The summed E-state index contributed by atoms with van der Waals surface area (Å²) in [6.07, 6.45) is 0.755. The molecule has 0 saturated heterocycles. The fraction of sp³-hybridized carbons (Fsp3) is 0.450. The van der Waals surface area contributed by atoms with E-state index in [2.05, 4.69) is 5.43 Å². The zero-order valence-electron chi connectivity index (χ0n) is 16.3. The predicted octanol–water partition coefficient (Wildman–Crippen LogP) is 4.21. The van der Waals surface area contributed by atoms with Crippen LogP contribution in [0.2, 0.25) is 5.02 Å². The van der Waals surface area contributed by atoms with Gasteiger partial charge in [-0.15, -0.1) is 0 Å². The fourth-order valence-electron chi connectivity index (χ4n) is 2.76. The molecule has 0 unspecified atom stereocenters. The lowest BCUT2D eigenvalue weighted by Crippen LogP contribution is -2.44. The van der Waals surface area contributed by atoms with Gasteiger partial charge in [-0.05, 0) is 52.2 Å². The van der Waals surface area contributed by atoms with Crippen molar-refractivity contribution in [2.24, 2.45) is 0 Å². The van der Waals surface area contributed by atoms with Crippen LogP contribution in [0.3, 0.4) is 0 Å². The van der Waals surface area contributed by atoms with Crippen LogP contribution in [0.15, 0.2) is 29.5 Å². The number of carbonyl (C=O) groups excluding carboxylic acids is 3. The Morgan fingerprint density at radius 1 is 1.22 bits per heavy atom. The van der Waals surface area contributed by atoms with Crippen molar-refractivity contribution in [2.45, 2.75) is 52.6 Å². The molecule has 0 atom stereocenters. The maximum absolute atomic E-state index is 13.0. The third kappa shape index (κ3) is 5.10. The Bertz CT molecular complexity index is 809. The standard InChI is InChI=1S/C20H25ClN2O4/c1-12-8-6-9-13(17(12)21)18(25)16-14(10-7-11-15(16)24)22-23(5)19(26)27-20(2,3)4/h6,8-9,22H,7,10-11H2,1-5H3. The number of aryl methyl sites for hydroxylation is 1. The quantitative estimate of drug-likeness (QED) is 0.472. The van der Waals surface area contributed by atoms with Crippen molar-refractivity contribution >= 4 is 29.3 Å². The number of halogens is 1. The summed E-state index contributed by atoms with van der Waals surface area (Å²) in [5.74, 6) is -0.697. The minimum Gasteiger partial charge on any atom is -0.442 e. The number of carbonyl (C=O) groups is 3. The highest BCUT2D eigenvalue weighted by atomic mass is 35.5. The van der Waals surface area contributed by atoms with Crippen LogP contribution in [0, 0.1) is 6.92 Å². The molecule has 0 spiro atoms. The Kier molecular flexibility index (Phi) is 6.31. The van der Waals surface area contributed by atoms with Gasteiger partial charge in [-0.3, -0.25) is 15.0 Å². The number of allylic oxidation sites excluding steroid dienone is 2. The first-order valence-corrected chi connectivity index (χ1v) is 9.18. The monoisotopic (exact) mass is 392 g/mol. The van der Waals surface area contributed by atoms with Gasteiger partial charge in [0.05, 0.1) is 10.6 Å². The molecule has 7 heteroatoms. The number of ether oxygens (including phenoxy) is 1. The Morgan fingerprint density at radius 3 is 2.52 bits per heavy atom. The van der Waals surface area contributed by atoms with E-state index < -0.39 is 17.5 Å². The number of hydrogen-bond acceptors (Lipinski definition) is 5. The van der Waals surface area contributed by atoms with Crippen LogP contribution in [0.1, 0.15) is 56.0 Å². The highest BCUT2D eigenvalue weighted by molar-refractivity contribution is 6.38. The Labute approximate surface area is 164 Å². The summed E-state index contributed by atoms with van der Waals surface area (Å²) in [6, 6.07) is 5.12. The minimum absolute atomic E-state index is 0.0455. The third-order valence-corrected chi connectivity index (χ3v) is 4.55. The molecule has 1 aromatic carbocycles. The van der Waals surface area contributed by atoms with Gasteiger partial charge < -0.3 is 4.74 Å². The molecule has 0 radical (unpaired) electrons. The summed E-state index contributed by atoms with van der Waals surface area (Å²) in [6.45, 7) is 7.08. The van der Waals surface area contributed by atoms with Crippen LogP contribution >= 0.6 is 11.6 Å². The molecular weight excluding hydrogens is 368 g/mol. The highest BCUT2D eigenvalue weighted by Gasteiger charge is 2.30. The Balaban J connectivity index is 2.35. The zero-order valence-corrected chi connectivity index (χ0v) is 17.1. The van der Waals surface area contributed by atoms with Crippen molar-refractivity contribution in [1.82, 2.24) is 10.4 Å². The van der Waals surface area contributed by atoms with Crippen molar-refractivity contribution in [3.8, 4) is 0 Å². The molecule has 0 fully saturated rings. The number of nitrogens with one attached hydrogen (secondary N) is 1. The van der Waals surface area contributed by atoms with Gasteiger partial charge in [-0.2, -0.15) is 0 Å². The van der Waals surface area contributed by atoms with Crippen molar-refractivity contribution in [1.29, 1.82) is 0 Å². The van der Waals surface area contributed by atoms with Crippen LogP contribution in [0.25, 0.3) is 0 Å². The number of ketones is 2. The molecule has 0 saturated carbocycles. The van der Waals surface area contributed by atoms with Crippen molar-refractivity contribution in [3.05, 3.63) is 45.6 Å². The SMILES string of the molecule is Cc1cccc(C(=O)C2=C(NN(C)C(=O)OC(C)(C)C)CCCC2=O)c1Cl. The topological polar surface area (TPSA) is 75.7 Å². The van der Waals surface area contributed by atoms with E-state index in [9.17, 15) is 14.4 Å². The molecule has 1 amide bonds. The van der Waals surface area contributed by atoms with Crippen molar-refractivity contribution in [2.75, 3.05) is 7.05 Å². The summed E-state index contributed by atoms with van der Waals surface area (Å²) in [4.78, 5) is 37.7. The molecule has 2 rings (SSSR count). The predicted molar refractivity (Wildman–Crippen MR) is 104 cm³/mol. The number of benzene rings is 1. The van der Waals surface area contributed by atoms with Gasteiger partial charge in [0.2, 0.25) is 0 Å². The molecule has 1 aromatic rings. The number of hydrogen-bond donors (Lipinski definition) is 1. The summed E-state index contributed by atoms with van der Waals surface area (Å²) < 4.78 is 5.29. The number of nitrogens with zero attached hydrogens (tertiary/aromatic N) is 1. The molecule has 6 nitrogen and oxygen atoms in total. The second kappa shape index (κ2) is 8.13. The van der Waals surface area contributed by atoms with Gasteiger partial charge in [0.25, 0.3) is 0 Å². The second-order valence-corrected chi connectivity index (χ2v) is 7.92. The first kappa shape index (κ1) is 21.0. The minimum atomic E-state index is -0.655. The molecule has 1 N–H and O–H groups in total. The summed E-state index contributed by atoms with van der Waals surface area (Å²) in [5.41, 5.74) is 3.69. The molecule has 0 heterocycles. The smallest absolute Gasteiger partial charge is 0.428 e. The highest BCUT2D eigenvalue weighted by Crippen LogP contribution is 2.28. The van der Waals surface area contributed by atoms with E-state index in [4.69, 9.17) is 16.3 Å². The summed E-state index contributed by atoms with van der Waals surface area (Å²) in [7, 11) is 1.49. The maximum atomic E-state index is 13.0. The number of rotatable bonds is 4. The van der Waals surface area contributed by atoms with Gasteiger partial charge in [-0.25, -0.2) is 9.80 Å². The van der Waals surface area contributed by atoms with E-state index >= 15 is 0 Å². The lowest BCUT2D eigenvalue weighted by Gasteiger charge is -2.28. The van der Waals surface area contributed by atoms with Gasteiger partial charge in [0.1, 0.15) is 5.60 Å². The fourth-order valence-corrected chi connectivity index (χ4v) is 2.97. The van der Waals surface area contributed by atoms with E-state index in [1.54, 1.807) is 45.9 Å². The van der Waals surface area contributed by atoms with E-state index in [1.807, 2.05) is 0 Å². The van der Waals surface area contributed by atoms with Gasteiger partial charge in [-0.1, -0.05) is 23.7 Å². The van der Waals surface area contributed by atoms with Crippen LogP contribution in [-0.2, 0) is 9.53 Å². The van der Waals surface area contributed by atoms with Gasteiger partial charge >= 0.3 is 6.09 Å². The molecule has 1 aliphatic rings. The lowest BCUT2D eigenvalue weighted by atomic mass is 9.89. The van der Waals surface area contributed by atoms with Gasteiger partial charge in [0, 0.05) is 24.7 Å². The van der Waals surface area contributed by atoms with Gasteiger partial charge in [0.15, 0.2) is 11.6 Å². The summed E-state index contributed by atoms with van der Waals surface area (Å²) in [5, 5.41) is 1.47. The first-order valence-electron chi connectivity index (χ1n) is 8.81. The normalized spacial score (nSPS) is 14.8. The lowest BCUT2D eigenvalue weighted by molar-refractivity contribution is -0.115. The van der Waals surface area contributed by atoms with Crippen LogP contribution in [0.5, 0.6) is 0 Å². The molecular formula is C20H25ClN2O4. The van der Waals surface area contributed by atoms with E-state index in [0.717, 1.165) is 10.6 Å². The number of Topliss-reactive ketones (excluding diaryl/α,β-unsaturated/α-hetero) is 2. The number of amides is 1. The van der Waals surface area contributed by atoms with Crippen LogP contribution < -0.4 is 5.43 Å². The molecule has 146 valence electrons. The first-order chi connectivity index (χ1) is 12.5. The maximum Gasteiger partial charge on any atom is 0.428 e. The number of hydrazine groups is 1. The van der Waals surface area contributed by atoms with E-state index in [0.29, 0.717) is 23.6 Å². The van der Waals surface area contributed by atoms with Crippen molar-refractivity contribution < 1.29 is 19.1 Å². The van der Waals surface area contributed by atoms with Crippen molar-refractivity contribution in [3.63, 3.8) is 0 Å². The van der Waals surface area contributed by atoms with Crippen LogP contribution in [0.4, 0.5) is 4.79 Å². The molecule has 0 aliphatic heterocycles.